The van der Waals surface area contributed by atoms with Gasteiger partial charge in [-0.05, 0) is 40.9 Å². The highest BCUT2D eigenvalue weighted by molar-refractivity contribution is 9.10. The third kappa shape index (κ3) is 2.08. The zero-order chi connectivity index (χ0) is 13.4. The fourth-order valence-electron chi connectivity index (χ4n) is 2.37. The third-order valence-electron chi connectivity index (χ3n) is 3.38. The highest BCUT2D eigenvalue weighted by Gasteiger charge is 2.13. The van der Waals surface area contributed by atoms with Crippen LogP contribution >= 0.6 is 15.9 Å². The van der Waals surface area contributed by atoms with Crippen LogP contribution in [-0.2, 0) is 6.42 Å². The molecule has 0 spiro atoms. The highest BCUT2D eigenvalue weighted by atomic mass is 79.9. The first-order valence-corrected chi connectivity index (χ1v) is 7.22. The average molecular weight is 315 g/mol. The number of pyridine rings is 1. The molecule has 2 nitrogen and oxygen atoms in total. The van der Waals surface area contributed by atoms with Crippen LogP contribution in [0.1, 0.15) is 18.2 Å². The minimum atomic E-state index is 0.959. The summed E-state index contributed by atoms with van der Waals surface area (Å²) in [5.41, 5.74) is 5.73. The summed E-state index contributed by atoms with van der Waals surface area (Å²) in [4.78, 5) is 4.80. The Labute approximate surface area is 121 Å². The topological polar surface area (TPSA) is 17.3 Å². The number of halogens is 1. The fraction of sp³-hybridized carbons (Fsp3) is 0.188. The van der Waals surface area contributed by atoms with E-state index < -0.39 is 0 Å². The molecule has 0 bridgehead atoms. The SMILES string of the molecule is CCc1c(-c2ccccc2)nc2cc(C)c(Br)cn12. The summed E-state index contributed by atoms with van der Waals surface area (Å²) in [5.74, 6) is 0. The maximum absolute atomic E-state index is 4.80. The molecule has 0 saturated heterocycles. The standard InChI is InChI=1S/C16H15BrN2/c1-3-14-16(12-7-5-4-6-8-12)18-15-9-11(2)13(17)10-19(14)15/h4-10H,3H2,1-2H3. The van der Waals surface area contributed by atoms with Gasteiger partial charge in [-0.3, -0.25) is 0 Å². The molecule has 3 aromatic rings. The van der Waals surface area contributed by atoms with Crippen molar-refractivity contribution in [3.8, 4) is 11.3 Å². The van der Waals surface area contributed by atoms with E-state index in [1.807, 2.05) is 6.07 Å². The molecule has 3 heteroatoms. The van der Waals surface area contributed by atoms with Gasteiger partial charge in [0.25, 0.3) is 0 Å². The lowest BCUT2D eigenvalue weighted by Gasteiger charge is -2.04. The first kappa shape index (κ1) is 12.4. The Morgan fingerprint density at radius 3 is 2.63 bits per heavy atom. The number of hydrogen-bond acceptors (Lipinski definition) is 1. The minimum Gasteiger partial charge on any atom is -0.302 e. The molecule has 0 fully saturated rings. The molecule has 0 atom stereocenters. The highest BCUT2D eigenvalue weighted by Crippen LogP contribution is 2.27. The van der Waals surface area contributed by atoms with Gasteiger partial charge in [0.05, 0.1) is 11.4 Å². The summed E-state index contributed by atoms with van der Waals surface area (Å²) < 4.78 is 3.30. The zero-order valence-electron chi connectivity index (χ0n) is 11.0. The summed E-state index contributed by atoms with van der Waals surface area (Å²) in [6, 6.07) is 12.5. The van der Waals surface area contributed by atoms with Crippen molar-refractivity contribution in [1.82, 2.24) is 9.38 Å². The maximum atomic E-state index is 4.80. The summed E-state index contributed by atoms with van der Waals surface area (Å²) in [7, 11) is 0. The smallest absolute Gasteiger partial charge is 0.137 e. The Hall–Kier alpha value is -1.61. The number of benzene rings is 1. The van der Waals surface area contributed by atoms with E-state index in [2.05, 4.69) is 70.7 Å². The zero-order valence-corrected chi connectivity index (χ0v) is 12.6. The van der Waals surface area contributed by atoms with Crippen LogP contribution in [0.15, 0.2) is 47.1 Å². The molecule has 0 radical (unpaired) electrons. The van der Waals surface area contributed by atoms with Crippen LogP contribution < -0.4 is 0 Å². The molecular formula is C16H15BrN2. The molecular weight excluding hydrogens is 300 g/mol. The number of aryl methyl sites for hydroxylation is 2. The van der Waals surface area contributed by atoms with Gasteiger partial charge in [-0.25, -0.2) is 4.98 Å². The Kier molecular flexibility index (Phi) is 3.15. The van der Waals surface area contributed by atoms with Crippen LogP contribution in [0.25, 0.3) is 16.9 Å². The molecule has 19 heavy (non-hydrogen) atoms. The van der Waals surface area contributed by atoms with Crippen molar-refractivity contribution in [2.75, 3.05) is 0 Å². The van der Waals surface area contributed by atoms with E-state index in [1.165, 1.54) is 16.8 Å². The molecule has 0 aliphatic rings. The van der Waals surface area contributed by atoms with Crippen LogP contribution in [0, 0.1) is 6.92 Å². The monoisotopic (exact) mass is 314 g/mol. The number of rotatable bonds is 2. The van der Waals surface area contributed by atoms with Gasteiger partial charge in [0, 0.05) is 16.2 Å². The predicted octanol–water partition coefficient (Wildman–Crippen LogP) is 4.63. The second kappa shape index (κ2) is 4.82. The number of imidazole rings is 1. The summed E-state index contributed by atoms with van der Waals surface area (Å²) >= 11 is 3.60. The van der Waals surface area contributed by atoms with E-state index in [0.717, 1.165) is 22.2 Å². The summed E-state index contributed by atoms with van der Waals surface area (Å²) in [6.45, 7) is 4.26. The van der Waals surface area contributed by atoms with Crippen molar-refractivity contribution in [2.24, 2.45) is 0 Å². The van der Waals surface area contributed by atoms with E-state index in [-0.39, 0.29) is 0 Å². The molecule has 0 amide bonds. The lowest BCUT2D eigenvalue weighted by atomic mass is 10.1. The quantitative estimate of drug-likeness (QED) is 0.674. The van der Waals surface area contributed by atoms with Gasteiger partial charge in [-0.15, -0.1) is 0 Å². The van der Waals surface area contributed by atoms with Crippen molar-refractivity contribution < 1.29 is 0 Å². The van der Waals surface area contributed by atoms with Crippen molar-refractivity contribution in [1.29, 1.82) is 0 Å². The Bertz CT molecular complexity index is 729. The van der Waals surface area contributed by atoms with Gasteiger partial charge in [0.1, 0.15) is 5.65 Å². The Morgan fingerprint density at radius 1 is 1.21 bits per heavy atom. The third-order valence-corrected chi connectivity index (χ3v) is 4.21. The van der Waals surface area contributed by atoms with Gasteiger partial charge < -0.3 is 4.40 Å². The molecule has 96 valence electrons. The molecule has 0 aliphatic carbocycles. The number of fused-ring (bicyclic) bond motifs is 1. The molecule has 1 aromatic carbocycles. The largest absolute Gasteiger partial charge is 0.302 e. The summed E-state index contributed by atoms with van der Waals surface area (Å²) in [5, 5.41) is 0. The molecule has 0 N–H and O–H groups in total. The van der Waals surface area contributed by atoms with E-state index in [9.17, 15) is 0 Å². The van der Waals surface area contributed by atoms with Crippen LogP contribution in [0.4, 0.5) is 0 Å². The van der Waals surface area contributed by atoms with Crippen LogP contribution in [-0.4, -0.2) is 9.38 Å². The van der Waals surface area contributed by atoms with Crippen molar-refractivity contribution in [2.45, 2.75) is 20.3 Å². The minimum absolute atomic E-state index is 0.959. The number of aromatic nitrogens is 2. The molecule has 3 rings (SSSR count). The van der Waals surface area contributed by atoms with Crippen molar-refractivity contribution in [3.63, 3.8) is 0 Å². The lowest BCUT2D eigenvalue weighted by Crippen LogP contribution is -1.93. The second-order valence-electron chi connectivity index (χ2n) is 4.66. The maximum Gasteiger partial charge on any atom is 0.137 e. The van der Waals surface area contributed by atoms with E-state index in [4.69, 9.17) is 4.98 Å². The fourth-order valence-corrected chi connectivity index (χ4v) is 2.69. The van der Waals surface area contributed by atoms with Crippen LogP contribution in [0.3, 0.4) is 0 Å². The van der Waals surface area contributed by atoms with Crippen LogP contribution in [0.2, 0.25) is 0 Å². The van der Waals surface area contributed by atoms with Crippen molar-refractivity contribution >= 4 is 21.6 Å². The van der Waals surface area contributed by atoms with Crippen molar-refractivity contribution in [3.05, 3.63) is 58.3 Å². The van der Waals surface area contributed by atoms with Crippen LogP contribution in [0.5, 0.6) is 0 Å². The van der Waals surface area contributed by atoms with E-state index in [0.29, 0.717) is 0 Å². The van der Waals surface area contributed by atoms with Gasteiger partial charge in [-0.1, -0.05) is 37.3 Å². The Morgan fingerprint density at radius 2 is 1.95 bits per heavy atom. The molecule has 0 aliphatic heterocycles. The molecule has 0 unspecified atom stereocenters. The van der Waals surface area contributed by atoms with Gasteiger partial charge in [0.15, 0.2) is 0 Å². The first-order chi connectivity index (χ1) is 9.20. The predicted molar refractivity (Wildman–Crippen MR) is 82.4 cm³/mol. The van der Waals surface area contributed by atoms with E-state index >= 15 is 0 Å². The first-order valence-electron chi connectivity index (χ1n) is 6.43. The number of nitrogens with zero attached hydrogens (tertiary/aromatic N) is 2. The average Bonchev–Trinajstić information content (AvgIpc) is 2.78. The number of hydrogen-bond donors (Lipinski definition) is 0. The second-order valence-corrected chi connectivity index (χ2v) is 5.51. The summed E-state index contributed by atoms with van der Waals surface area (Å²) in [6.07, 6.45) is 3.07. The van der Waals surface area contributed by atoms with E-state index in [1.54, 1.807) is 0 Å². The molecule has 0 saturated carbocycles. The molecule has 2 heterocycles. The van der Waals surface area contributed by atoms with Gasteiger partial charge in [0.2, 0.25) is 0 Å². The Balaban J connectivity index is 2.31. The molecule has 2 aromatic heterocycles. The van der Waals surface area contributed by atoms with Gasteiger partial charge in [-0.2, -0.15) is 0 Å². The van der Waals surface area contributed by atoms with Gasteiger partial charge >= 0.3 is 0 Å². The normalized spacial score (nSPS) is 11.1. The lowest BCUT2D eigenvalue weighted by molar-refractivity contribution is 0.991.